The van der Waals surface area contributed by atoms with Crippen LogP contribution in [0.2, 0.25) is 5.02 Å². The van der Waals surface area contributed by atoms with Crippen molar-refractivity contribution >= 4 is 23.5 Å². The summed E-state index contributed by atoms with van der Waals surface area (Å²) in [5.74, 6) is -0.555. The Morgan fingerprint density at radius 3 is 2.52 bits per heavy atom. The molecular formula is C24H26ClNO3. The van der Waals surface area contributed by atoms with Gasteiger partial charge in [-0.15, -0.1) is 0 Å². The Kier molecular flexibility index (Phi) is 5.91. The lowest BCUT2D eigenvalue weighted by molar-refractivity contribution is -0.154. The molecule has 5 heteroatoms. The highest BCUT2D eigenvalue weighted by atomic mass is 35.5. The fourth-order valence-corrected chi connectivity index (χ4v) is 4.89. The van der Waals surface area contributed by atoms with E-state index in [2.05, 4.69) is 17.4 Å². The average Bonchev–Trinajstić information content (AvgIpc) is 3.24. The molecule has 1 atom stereocenters. The molecule has 0 aromatic heterocycles. The quantitative estimate of drug-likeness (QED) is 0.712. The van der Waals surface area contributed by atoms with Crippen molar-refractivity contribution < 1.29 is 14.3 Å². The summed E-state index contributed by atoms with van der Waals surface area (Å²) in [6, 6.07) is 15.6. The molecule has 0 aliphatic heterocycles. The summed E-state index contributed by atoms with van der Waals surface area (Å²) >= 11 is 6.01. The number of rotatable bonds is 5. The average molecular weight is 412 g/mol. The van der Waals surface area contributed by atoms with Crippen LogP contribution >= 0.6 is 11.6 Å². The summed E-state index contributed by atoms with van der Waals surface area (Å²) < 4.78 is 5.52. The van der Waals surface area contributed by atoms with Crippen LogP contribution in [-0.4, -0.2) is 18.5 Å². The van der Waals surface area contributed by atoms with Crippen molar-refractivity contribution in [3.05, 3.63) is 70.2 Å². The van der Waals surface area contributed by atoms with E-state index in [1.807, 2.05) is 24.3 Å². The number of esters is 1. The van der Waals surface area contributed by atoms with Gasteiger partial charge in [0.1, 0.15) is 0 Å². The summed E-state index contributed by atoms with van der Waals surface area (Å²) in [6.45, 7) is -0.243. The van der Waals surface area contributed by atoms with Crippen molar-refractivity contribution in [2.45, 2.75) is 56.4 Å². The molecule has 2 aromatic carbocycles. The molecule has 1 N–H and O–H groups in total. The minimum absolute atomic E-state index is 0.0112. The van der Waals surface area contributed by atoms with Crippen molar-refractivity contribution in [2.24, 2.45) is 0 Å². The number of hydrogen-bond donors (Lipinski definition) is 1. The third-order valence-electron chi connectivity index (χ3n) is 6.28. The molecule has 1 fully saturated rings. The van der Waals surface area contributed by atoms with Crippen LogP contribution in [0.4, 0.5) is 0 Å². The first kappa shape index (κ1) is 20.0. The highest BCUT2D eigenvalue weighted by Gasteiger charge is 2.44. The van der Waals surface area contributed by atoms with Gasteiger partial charge in [-0.1, -0.05) is 60.8 Å². The summed E-state index contributed by atoms with van der Waals surface area (Å²) in [5.41, 5.74) is 2.72. The molecule has 29 heavy (non-hydrogen) atoms. The zero-order valence-corrected chi connectivity index (χ0v) is 17.2. The second-order valence-electron chi connectivity index (χ2n) is 8.08. The van der Waals surface area contributed by atoms with Gasteiger partial charge in [0.15, 0.2) is 6.61 Å². The molecule has 2 aliphatic carbocycles. The highest BCUT2D eigenvalue weighted by molar-refractivity contribution is 6.30. The number of amides is 1. The van der Waals surface area contributed by atoms with Crippen molar-refractivity contribution in [3.8, 4) is 0 Å². The van der Waals surface area contributed by atoms with Gasteiger partial charge >= 0.3 is 5.97 Å². The van der Waals surface area contributed by atoms with Gasteiger partial charge in [0.25, 0.3) is 5.91 Å². The fourth-order valence-electron chi connectivity index (χ4n) is 4.77. The molecule has 0 heterocycles. The molecule has 0 radical (unpaired) electrons. The van der Waals surface area contributed by atoms with Crippen LogP contribution in [0.25, 0.3) is 0 Å². The molecule has 1 amide bonds. The zero-order chi connectivity index (χ0) is 20.3. The van der Waals surface area contributed by atoms with Crippen molar-refractivity contribution in [1.29, 1.82) is 0 Å². The van der Waals surface area contributed by atoms with Gasteiger partial charge in [0, 0.05) is 5.02 Å². The SMILES string of the molecule is O=C(COC(=O)C1(c2ccc(Cl)cc2)CCCC1)N[C@@H]1CCCc2ccccc21. The maximum atomic E-state index is 13.0. The number of ether oxygens (including phenoxy) is 1. The minimum Gasteiger partial charge on any atom is -0.455 e. The van der Waals surface area contributed by atoms with E-state index in [-0.39, 0.29) is 24.5 Å². The molecule has 0 bridgehead atoms. The highest BCUT2D eigenvalue weighted by Crippen LogP contribution is 2.42. The Labute approximate surface area is 176 Å². The monoisotopic (exact) mass is 411 g/mol. The van der Waals surface area contributed by atoms with E-state index in [0.29, 0.717) is 5.02 Å². The smallest absolute Gasteiger partial charge is 0.317 e. The molecule has 2 aromatic rings. The predicted octanol–water partition coefficient (Wildman–Crippen LogP) is 4.89. The summed E-state index contributed by atoms with van der Waals surface area (Å²) in [6.07, 6.45) is 6.43. The van der Waals surface area contributed by atoms with Crippen molar-refractivity contribution in [2.75, 3.05) is 6.61 Å². The van der Waals surface area contributed by atoms with Gasteiger partial charge in [0.2, 0.25) is 0 Å². The Bertz CT molecular complexity index is 887. The van der Waals surface area contributed by atoms with Crippen molar-refractivity contribution in [3.63, 3.8) is 0 Å². The van der Waals surface area contributed by atoms with E-state index < -0.39 is 5.41 Å². The van der Waals surface area contributed by atoms with E-state index in [1.54, 1.807) is 12.1 Å². The fraction of sp³-hybridized carbons (Fsp3) is 0.417. The van der Waals surface area contributed by atoms with Crippen molar-refractivity contribution in [1.82, 2.24) is 5.32 Å². The number of nitrogens with one attached hydrogen (secondary N) is 1. The molecule has 4 rings (SSSR count). The lowest BCUT2D eigenvalue weighted by Crippen LogP contribution is -2.39. The second-order valence-corrected chi connectivity index (χ2v) is 8.52. The molecular weight excluding hydrogens is 386 g/mol. The third-order valence-corrected chi connectivity index (χ3v) is 6.54. The van der Waals surface area contributed by atoms with E-state index in [0.717, 1.165) is 50.5 Å². The number of carbonyl (C=O) groups excluding carboxylic acids is 2. The predicted molar refractivity (Wildman–Crippen MR) is 113 cm³/mol. The van der Waals surface area contributed by atoms with Gasteiger partial charge in [-0.05, 0) is 60.9 Å². The second kappa shape index (κ2) is 8.58. The molecule has 1 saturated carbocycles. The third kappa shape index (κ3) is 4.18. The van der Waals surface area contributed by atoms with E-state index in [9.17, 15) is 9.59 Å². The summed E-state index contributed by atoms with van der Waals surface area (Å²) in [7, 11) is 0. The summed E-state index contributed by atoms with van der Waals surface area (Å²) in [4.78, 5) is 25.5. The number of benzene rings is 2. The van der Waals surface area contributed by atoms with Crippen LogP contribution in [-0.2, 0) is 26.2 Å². The Balaban J connectivity index is 1.40. The first-order valence-corrected chi connectivity index (χ1v) is 10.8. The van der Waals surface area contributed by atoms with Crippen LogP contribution in [0.5, 0.6) is 0 Å². The molecule has 152 valence electrons. The topological polar surface area (TPSA) is 55.4 Å². The lowest BCUT2D eigenvalue weighted by Gasteiger charge is -2.28. The molecule has 4 nitrogen and oxygen atoms in total. The van der Waals surface area contributed by atoms with Gasteiger partial charge in [0.05, 0.1) is 11.5 Å². The number of halogens is 1. The Morgan fingerprint density at radius 1 is 1.03 bits per heavy atom. The first-order chi connectivity index (χ1) is 14.1. The van der Waals surface area contributed by atoms with Crippen LogP contribution < -0.4 is 5.32 Å². The van der Waals surface area contributed by atoms with Crippen LogP contribution in [0, 0.1) is 0 Å². The number of aryl methyl sites for hydroxylation is 1. The number of hydrogen-bond acceptors (Lipinski definition) is 3. The van der Waals surface area contributed by atoms with Gasteiger partial charge in [-0.3, -0.25) is 9.59 Å². The van der Waals surface area contributed by atoms with Crippen LogP contribution in [0.1, 0.15) is 61.3 Å². The summed E-state index contributed by atoms with van der Waals surface area (Å²) in [5, 5.41) is 3.69. The van der Waals surface area contributed by atoms with Crippen LogP contribution in [0.15, 0.2) is 48.5 Å². The van der Waals surface area contributed by atoms with Crippen LogP contribution in [0.3, 0.4) is 0 Å². The number of fused-ring (bicyclic) bond motifs is 1. The Hall–Kier alpha value is -2.33. The van der Waals surface area contributed by atoms with Gasteiger partial charge in [-0.2, -0.15) is 0 Å². The standard InChI is InChI=1S/C24H26ClNO3/c25-19-12-10-18(11-13-19)24(14-3-4-15-24)23(28)29-16-22(27)26-21-9-5-7-17-6-1-2-8-20(17)21/h1-2,6,8,10-13,21H,3-5,7,9,14-16H2,(H,26,27)/t21-/m1/s1. The molecule has 0 spiro atoms. The number of carbonyl (C=O) groups is 2. The first-order valence-electron chi connectivity index (χ1n) is 10.4. The largest absolute Gasteiger partial charge is 0.455 e. The maximum absolute atomic E-state index is 13.0. The van der Waals surface area contributed by atoms with E-state index in [1.165, 1.54) is 11.1 Å². The van der Waals surface area contributed by atoms with E-state index in [4.69, 9.17) is 16.3 Å². The Morgan fingerprint density at radius 2 is 1.76 bits per heavy atom. The molecule has 2 aliphatic rings. The molecule has 0 saturated heterocycles. The minimum atomic E-state index is -0.664. The van der Waals surface area contributed by atoms with Gasteiger partial charge in [-0.25, -0.2) is 0 Å². The maximum Gasteiger partial charge on any atom is 0.317 e. The lowest BCUT2D eigenvalue weighted by atomic mass is 9.79. The van der Waals surface area contributed by atoms with Gasteiger partial charge < -0.3 is 10.1 Å². The normalized spacial score (nSPS) is 20.0. The zero-order valence-electron chi connectivity index (χ0n) is 16.5. The molecule has 0 unspecified atom stereocenters. The van der Waals surface area contributed by atoms with E-state index >= 15 is 0 Å².